The van der Waals surface area contributed by atoms with Crippen LogP contribution >= 0.6 is 11.6 Å². The Hall–Kier alpha value is -1.09. The van der Waals surface area contributed by atoms with Gasteiger partial charge in [0.05, 0.1) is 11.6 Å². The second-order valence-electron chi connectivity index (χ2n) is 2.41. The van der Waals surface area contributed by atoms with E-state index in [1.54, 1.807) is 19.1 Å². The van der Waals surface area contributed by atoms with Crippen LogP contribution in [-0.4, -0.2) is 16.1 Å². The molecule has 1 rings (SSSR count). The maximum Gasteiger partial charge on any atom is 0.354 e. The summed E-state index contributed by atoms with van der Waals surface area (Å²) in [6.45, 7) is 1.70. The highest BCUT2D eigenvalue weighted by Crippen LogP contribution is 2.07. The number of nitrogens with zero attached hydrogens (tertiary/aromatic N) is 1. The fourth-order valence-corrected chi connectivity index (χ4v) is 1.01. The van der Waals surface area contributed by atoms with Gasteiger partial charge < -0.3 is 5.11 Å². The van der Waals surface area contributed by atoms with Crippen molar-refractivity contribution in [3.8, 4) is 0 Å². The molecule has 12 heavy (non-hydrogen) atoms. The van der Waals surface area contributed by atoms with E-state index in [2.05, 4.69) is 4.98 Å². The zero-order valence-electron chi connectivity index (χ0n) is 6.54. The van der Waals surface area contributed by atoms with Gasteiger partial charge in [0.1, 0.15) is 0 Å². The van der Waals surface area contributed by atoms with E-state index < -0.39 is 5.97 Å². The van der Waals surface area contributed by atoms with Gasteiger partial charge in [0, 0.05) is 0 Å². The fourth-order valence-electron chi connectivity index (χ4n) is 0.860. The first-order chi connectivity index (χ1) is 5.65. The van der Waals surface area contributed by atoms with Crippen molar-refractivity contribution in [3.63, 3.8) is 0 Å². The molecule has 1 N–H and O–H groups in total. The summed E-state index contributed by atoms with van der Waals surface area (Å²) < 4.78 is 0. The Labute approximate surface area is 75.0 Å². The zero-order valence-corrected chi connectivity index (χ0v) is 7.30. The van der Waals surface area contributed by atoms with Gasteiger partial charge in [-0.05, 0) is 18.6 Å². The van der Waals surface area contributed by atoms with E-state index in [9.17, 15) is 4.79 Å². The summed E-state index contributed by atoms with van der Waals surface area (Å²) >= 11 is 5.50. The van der Waals surface area contributed by atoms with Gasteiger partial charge in [-0.2, -0.15) is 0 Å². The summed E-state index contributed by atoms with van der Waals surface area (Å²) in [7, 11) is 0. The zero-order chi connectivity index (χ0) is 9.14. The second-order valence-corrected chi connectivity index (χ2v) is 2.67. The highest BCUT2D eigenvalue weighted by Gasteiger charge is 2.08. The molecule has 0 spiro atoms. The van der Waals surface area contributed by atoms with Crippen molar-refractivity contribution < 1.29 is 9.90 Å². The molecule has 0 aliphatic rings. The first-order valence-corrected chi connectivity index (χ1v) is 3.94. The van der Waals surface area contributed by atoms with Crippen molar-refractivity contribution in [1.82, 2.24) is 4.98 Å². The lowest BCUT2D eigenvalue weighted by molar-refractivity contribution is 0.0689. The van der Waals surface area contributed by atoms with Gasteiger partial charge in [0.15, 0.2) is 5.69 Å². The van der Waals surface area contributed by atoms with Crippen LogP contribution in [0.25, 0.3) is 0 Å². The Morgan fingerprint density at radius 1 is 1.67 bits per heavy atom. The number of alkyl halides is 1. The highest BCUT2D eigenvalue weighted by molar-refractivity contribution is 6.16. The summed E-state index contributed by atoms with van der Waals surface area (Å²) in [4.78, 5) is 14.4. The molecule has 4 heteroatoms. The lowest BCUT2D eigenvalue weighted by atomic mass is 10.2. The average Bonchev–Trinajstić information content (AvgIpc) is 2.05. The van der Waals surface area contributed by atoms with Crippen LogP contribution in [0.3, 0.4) is 0 Å². The van der Waals surface area contributed by atoms with Crippen LogP contribution in [-0.2, 0) is 5.88 Å². The molecule has 0 saturated heterocycles. The number of rotatable bonds is 2. The molecule has 0 amide bonds. The standard InChI is InChI=1S/C8H8ClNO2/c1-5-2-3-6(4-9)10-7(5)8(11)12/h2-3H,4H2,1H3,(H,11,12). The lowest BCUT2D eigenvalue weighted by Gasteiger charge is -2.00. The quantitative estimate of drug-likeness (QED) is 0.716. The SMILES string of the molecule is Cc1ccc(CCl)nc1C(=O)O. The van der Waals surface area contributed by atoms with E-state index in [0.717, 1.165) is 0 Å². The van der Waals surface area contributed by atoms with Gasteiger partial charge in [0.25, 0.3) is 0 Å². The third kappa shape index (κ3) is 1.74. The Morgan fingerprint density at radius 2 is 2.33 bits per heavy atom. The van der Waals surface area contributed by atoms with Gasteiger partial charge in [0.2, 0.25) is 0 Å². The van der Waals surface area contributed by atoms with E-state index >= 15 is 0 Å². The maximum absolute atomic E-state index is 10.6. The van der Waals surface area contributed by atoms with E-state index in [0.29, 0.717) is 11.3 Å². The topological polar surface area (TPSA) is 50.2 Å². The summed E-state index contributed by atoms with van der Waals surface area (Å²) in [6.07, 6.45) is 0. The highest BCUT2D eigenvalue weighted by atomic mass is 35.5. The predicted octanol–water partition coefficient (Wildman–Crippen LogP) is 1.83. The number of carboxylic acid groups (broad SMARTS) is 1. The molecule has 0 aliphatic carbocycles. The number of aromatic nitrogens is 1. The van der Waals surface area contributed by atoms with E-state index in [1.807, 2.05) is 0 Å². The molecule has 0 saturated carbocycles. The molecule has 0 aliphatic heterocycles. The van der Waals surface area contributed by atoms with Gasteiger partial charge >= 0.3 is 5.97 Å². The molecule has 1 aromatic heterocycles. The third-order valence-electron chi connectivity index (χ3n) is 1.49. The number of halogens is 1. The summed E-state index contributed by atoms with van der Waals surface area (Å²) in [6, 6.07) is 3.42. The Bertz CT molecular complexity index is 312. The number of carbonyl (C=O) groups is 1. The maximum atomic E-state index is 10.6. The number of carboxylic acids is 1. The van der Waals surface area contributed by atoms with Crippen molar-refractivity contribution >= 4 is 17.6 Å². The first-order valence-electron chi connectivity index (χ1n) is 3.41. The van der Waals surface area contributed by atoms with Crippen molar-refractivity contribution in [2.75, 3.05) is 0 Å². The third-order valence-corrected chi connectivity index (χ3v) is 1.77. The summed E-state index contributed by atoms with van der Waals surface area (Å²) in [5.41, 5.74) is 1.31. The Kier molecular flexibility index (Phi) is 2.65. The van der Waals surface area contributed by atoms with Crippen LogP contribution in [0.15, 0.2) is 12.1 Å². The number of pyridine rings is 1. The lowest BCUT2D eigenvalue weighted by Crippen LogP contribution is -2.04. The van der Waals surface area contributed by atoms with Gasteiger partial charge in [-0.1, -0.05) is 6.07 Å². The van der Waals surface area contributed by atoms with Crippen molar-refractivity contribution in [1.29, 1.82) is 0 Å². The summed E-state index contributed by atoms with van der Waals surface area (Å²) in [5.74, 6) is -0.778. The van der Waals surface area contributed by atoms with Gasteiger partial charge in [-0.25, -0.2) is 9.78 Å². The van der Waals surface area contributed by atoms with Crippen LogP contribution in [0, 0.1) is 6.92 Å². The van der Waals surface area contributed by atoms with Crippen molar-refractivity contribution in [2.45, 2.75) is 12.8 Å². The number of aryl methyl sites for hydroxylation is 1. The number of aromatic carboxylic acids is 1. The van der Waals surface area contributed by atoms with Crippen LogP contribution in [0.1, 0.15) is 21.7 Å². The summed E-state index contributed by atoms with van der Waals surface area (Å²) in [5, 5.41) is 8.68. The fraction of sp³-hybridized carbons (Fsp3) is 0.250. The minimum atomic E-state index is -1.01. The Balaban J connectivity index is 3.17. The minimum absolute atomic E-state index is 0.0770. The van der Waals surface area contributed by atoms with Crippen LogP contribution in [0.2, 0.25) is 0 Å². The Morgan fingerprint density at radius 3 is 2.83 bits per heavy atom. The molecule has 0 aromatic carbocycles. The molecule has 1 heterocycles. The smallest absolute Gasteiger partial charge is 0.354 e. The first kappa shape index (κ1) is 9.00. The molecule has 1 aromatic rings. The normalized spacial score (nSPS) is 9.83. The van der Waals surface area contributed by atoms with Gasteiger partial charge in [-0.15, -0.1) is 11.6 Å². The monoisotopic (exact) mass is 185 g/mol. The van der Waals surface area contributed by atoms with Crippen molar-refractivity contribution in [2.24, 2.45) is 0 Å². The molecule has 0 radical (unpaired) electrons. The van der Waals surface area contributed by atoms with E-state index in [4.69, 9.17) is 16.7 Å². The van der Waals surface area contributed by atoms with Crippen LogP contribution in [0.5, 0.6) is 0 Å². The number of hydrogen-bond donors (Lipinski definition) is 1. The molecular formula is C8H8ClNO2. The van der Waals surface area contributed by atoms with Gasteiger partial charge in [-0.3, -0.25) is 0 Å². The average molecular weight is 186 g/mol. The van der Waals surface area contributed by atoms with E-state index in [-0.39, 0.29) is 11.6 Å². The minimum Gasteiger partial charge on any atom is -0.477 e. The second kappa shape index (κ2) is 3.54. The van der Waals surface area contributed by atoms with Crippen LogP contribution in [0.4, 0.5) is 0 Å². The van der Waals surface area contributed by atoms with Crippen LogP contribution < -0.4 is 0 Å². The molecular weight excluding hydrogens is 178 g/mol. The van der Waals surface area contributed by atoms with E-state index in [1.165, 1.54) is 0 Å². The molecule has 3 nitrogen and oxygen atoms in total. The molecule has 64 valence electrons. The number of hydrogen-bond acceptors (Lipinski definition) is 2. The molecule has 0 bridgehead atoms. The predicted molar refractivity (Wildman–Crippen MR) is 45.5 cm³/mol. The largest absolute Gasteiger partial charge is 0.477 e. The molecule has 0 atom stereocenters. The molecule has 0 unspecified atom stereocenters. The van der Waals surface area contributed by atoms with Crippen molar-refractivity contribution in [3.05, 3.63) is 29.1 Å². The molecule has 0 fully saturated rings.